The van der Waals surface area contributed by atoms with Crippen LogP contribution in [-0.4, -0.2) is 29.8 Å². The smallest absolute Gasteiger partial charge is 0.254 e. The van der Waals surface area contributed by atoms with Crippen molar-refractivity contribution in [3.63, 3.8) is 0 Å². The molecule has 2 atom stereocenters. The molecule has 1 aliphatic heterocycles. The standard InChI is InChI=1S/C13H16FNO3/c1-8(12-3-2-6-18-12)15-13(17)10-5-4-9(16)7-11(10)14/h4-5,7-8,12,16H,2-3,6H2,1H3,(H,15,17). The maximum atomic E-state index is 13.5. The first kappa shape index (κ1) is 12.8. The SMILES string of the molecule is CC(NC(=O)c1ccc(O)cc1F)C1CCCO1. The van der Waals surface area contributed by atoms with Gasteiger partial charge in [-0.3, -0.25) is 4.79 Å². The molecule has 0 aliphatic carbocycles. The van der Waals surface area contributed by atoms with Crippen LogP contribution in [0, 0.1) is 5.82 Å². The topological polar surface area (TPSA) is 58.6 Å². The second-order valence-corrected chi connectivity index (χ2v) is 4.48. The van der Waals surface area contributed by atoms with Gasteiger partial charge >= 0.3 is 0 Å². The summed E-state index contributed by atoms with van der Waals surface area (Å²) in [5.74, 6) is -1.42. The summed E-state index contributed by atoms with van der Waals surface area (Å²) < 4.78 is 18.9. The van der Waals surface area contributed by atoms with Gasteiger partial charge < -0.3 is 15.2 Å². The molecule has 1 amide bonds. The number of rotatable bonds is 3. The maximum absolute atomic E-state index is 13.5. The first-order valence-corrected chi connectivity index (χ1v) is 5.99. The summed E-state index contributed by atoms with van der Waals surface area (Å²) in [6, 6.07) is 3.32. The number of aromatic hydroxyl groups is 1. The fourth-order valence-corrected chi connectivity index (χ4v) is 2.06. The summed E-state index contributed by atoms with van der Waals surface area (Å²) in [4.78, 5) is 11.9. The Kier molecular flexibility index (Phi) is 3.81. The van der Waals surface area contributed by atoms with Gasteiger partial charge in [-0.1, -0.05) is 0 Å². The van der Waals surface area contributed by atoms with Crippen molar-refractivity contribution in [1.29, 1.82) is 0 Å². The number of hydrogen-bond donors (Lipinski definition) is 2. The van der Waals surface area contributed by atoms with Crippen molar-refractivity contribution < 1.29 is 19.0 Å². The van der Waals surface area contributed by atoms with E-state index >= 15 is 0 Å². The lowest BCUT2D eigenvalue weighted by Crippen LogP contribution is -2.41. The minimum Gasteiger partial charge on any atom is -0.508 e. The summed E-state index contributed by atoms with van der Waals surface area (Å²) >= 11 is 0. The van der Waals surface area contributed by atoms with Crippen LogP contribution in [0.2, 0.25) is 0 Å². The van der Waals surface area contributed by atoms with Gasteiger partial charge in [0.05, 0.1) is 17.7 Å². The molecule has 1 aliphatic rings. The van der Waals surface area contributed by atoms with E-state index < -0.39 is 11.7 Å². The van der Waals surface area contributed by atoms with Crippen molar-refractivity contribution >= 4 is 5.91 Å². The van der Waals surface area contributed by atoms with E-state index in [9.17, 15) is 9.18 Å². The normalized spacial score (nSPS) is 20.7. The summed E-state index contributed by atoms with van der Waals surface area (Å²) in [5, 5.41) is 11.8. The van der Waals surface area contributed by atoms with Crippen LogP contribution >= 0.6 is 0 Å². The van der Waals surface area contributed by atoms with E-state index in [4.69, 9.17) is 9.84 Å². The summed E-state index contributed by atoms with van der Waals surface area (Å²) in [7, 11) is 0. The zero-order chi connectivity index (χ0) is 13.1. The van der Waals surface area contributed by atoms with Crippen molar-refractivity contribution in [1.82, 2.24) is 5.32 Å². The molecule has 1 aromatic carbocycles. The molecule has 0 aromatic heterocycles. The number of amides is 1. The number of benzene rings is 1. The van der Waals surface area contributed by atoms with E-state index in [1.54, 1.807) is 0 Å². The van der Waals surface area contributed by atoms with Gasteiger partial charge in [-0.15, -0.1) is 0 Å². The number of ether oxygens (including phenoxy) is 1. The maximum Gasteiger partial charge on any atom is 0.254 e. The van der Waals surface area contributed by atoms with E-state index in [2.05, 4.69) is 5.32 Å². The number of nitrogens with one attached hydrogen (secondary N) is 1. The summed E-state index contributed by atoms with van der Waals surface area (Å²) in [5.41, 5.74) is -0.0716. The fourth-order valence-electron chi connectivity index (χ4n) is 2.06. The predicted octanol–water partition coefficient (Wildman–Crippen LogP) is 1.83. The van der Waals surface area contributed by atoms with Gasteiger partial charge in [0.15, 0.2) is 0 Å². The van der Waals surface area contributed by atoms with E-state index in [1.165, 1.54) is 12.1 Å². The van der Waals surface area contributed by atoms with Crippen molar-refractivity contribution in [2.24, 2.45) is 0 Å². The van der Waals surface area contributed by atoms with Gasteiger partial charge in [-0.2, -0.15) is 0 Å². The molecule has 0 spiro atoms. The van der Waals surface area contributed by atoms with Crippen LogP contribution in [-0.2, 0) is 4.74 Å². The third-order valence-corrected chi connectivity index (χ3v) is 3.08. The van der Waals surface area contributed by atoms with E-state index in [0.717, 1.165) is 18.9 Å². The number of halogens is 1. The molecule has 18 heavy (non-hydrogen) atoms. The lowest BCUT2D eigenvalue weighted by atomic mass is 10.1. The molecule has 2 rings (SSSR count). The highest BCUT2D eigenvalue weighted by molar-refractivity contribution is 5.94. The van der Waals surface area contributed by atoms with Crippen LogP contribution in [0.15, 0.2) is 18.2 Å². The molecule has 1 fully saturated rings. The highest BCUT2D eigenvalue weighted by Gasteiger charge is 2.24. The molecule has 0 saturated carbocycles. The Balaban J connectivity index is 2.02. The Labute approximate surface area is 105 Å². The zero-order valence-electron chi connectivity index (χ0n) is 10.1. The number of carbonyl (C=O) groups is 1. The predicted molar refractivity (Wildman–Crippen MR) is 64.0 cm³/mol. The van der Waals surface area contributed by atoms with Crippen molar-refractivity contribution in [3.05, 3.63) is 29.6 Å². The van der Waals surface area contributed by atoms with Crippen LogP contribution in [0.4, 0.5) is 4.39 Å². The third-order valence-electron chi connectivity index (χ3n) is 3.08. The molecule has 1 aromatic rings. The molecule has 2 N–H and O–H groups in total. The van der Waals surface area contributed by atoms with Crippen LogP contribution in [0.25, 0.3) is 0 Å². The Morgan fingerprint density at radius 2 is 2.39 bits per heavy atom. The number of phenols is 1. The second kappa shape index (κ2) is 5.35. The summed E-state index contributed by atoms with van der Waals surface area (Å²) in [6.45, 7) is 2.55. The highest BCUT2D eigenvalue weighted by atomic mass is 19.1. The molecule has 0 bridgehead atoms. The van der Waals surface area contributed by atoms with Gasteiger partial charge in [0.25, 0.3) is 5.91 Å². The second-order valence-electron chi connectivity index (χ2n) is 4.48. The number of carbonyl (C=O) groups excluding carboxylic acids is 1. The van der Waals surface area contributed by atoms with E-state index in [1.807, 2.05) is 6.92 Å². The fraction of sp³-hybridized carbons (Fsp3) is 0.462. The first-order chi connectivity index (χ1) is 8.58. The van der Waals surface area contributed by atoms with Gasteiger partial charge in [-0.25, -0.2) is 4.39 Å². The lowest BCUT2D eigenvalue weighted by molar-refractivity contribution is 0.0710. The van der Waals surface area contributed by atoms with Gasteiger partial charge in [-0.05, 0) is 31.9 Å². The van der Waals surface area contributed by atoms with Crippen LogP contribution in [0.1, 0.15) is 30.1 Å². The molecule has 98 valence electrons. The molecule has 1 heterocycles. The molecule has 4 nitrogen and oxygen atoms in total. The highest BCUT2D eigenvalue weighted by Crippen LogP contribution is 2.18. The van der Waals surface area contributed by atoms with Crippen LogP contribution in [0.5, 0.6) is 5.75 Å². The van der Waals surface area contributed by atoms with Gasteiger partial charge in [0.2, 0.25) is 0 Å². The van der Waals surface area contributed by atoms with Crippen LogP contribution in [0.3, 0.4) is 0 Å². The van der Waals surface area contributed by atoms with Gasteiger partial charge in [0.1, 0.15) is 11.6 Å². The average Bonchev–Trinajstić information content (AvgIpc) is 2.81. The van der Waals surface area contributed by atoms with Crippen molar-refractivity contribution in [2.45, 2.75) is 31.9 Å². The molecule has 2 unspecified atom stereocenters. The Bertz CT molecular complexity index is 444. The quantitative estimate of drug-likeness (QED) is 0.864. The molecular weight excluding hydrogens is 237 g/mol. The number of phenolic OH excluding ortho intramolecular Hbond substituents is 1. The van der Waals surface area contributed by atoms with Crippen LogP contribution < -0.4 is 5.32 Å². The molecule has 5 heteroatoms. The van der Waals surface area contributed by atoms with Crippen molar-refractivity contribution in [2.75, 3.05) is 6.61 Å². The zero-order valence-corrected chi connectivity index (χ0v) is 10.1. The molecule has 1 saturated heterocycles. The largest absolute Gasteiger partial charge is 0.508 e. The average molecular weight is 253 g/mol. The Morgan fingerprint density at radius 3 is 3.00 bits per heavy atom. The first-order valence-electron chi connectivity index (χ1n) is 5.99. The van der Waals surface area contributed by atoms with Gasteiger partial charge in [0, 0.05) is 12.7 Å². The Morgan fingerprint density at radius 1 is 1.61 bits per heavy atom. The van der Waals surface area contributed by atoms with E-state index in [-0.39, 0.29) is 23.5 Å². The summed E-state index contributed by atoms with van der Waals surface area (Å²) in [6.07, 6.45) is 1.88. The minimum absolute atomic E-state index is 0.00544. The molecular formula is C13H16FNO3. The van der Waals surface area contributed by atoms with Crippen molar-refractivity contribution in [3.8, 4) is 5.75 Å². The Hall–Kier alpha value is -1.62. The third kappa shape index (κ3) is 2.79. The van der Waals surface area contributed by atoms with E-state index in [0.29, 0.717) is 6.61 Å². The monoisotopic (exact) mass is 253 g/mol. The minimum atomic E-state index is -0.730. The molecule has 0 radical (unpaired) electrons. The number of hydrogen-bond acceptors (Lipinski definition) is 3. The lowest BCUT2D eigenvalue weighted by Gasteiger charge is -2.20.